The Kier molecular flexibility index (Phi) is 4.56. The summed E-state index contributed by atoms with van der Waals surface area (Å²) in [5.74, 6) is 0. The van der Waals surface area contributed by atoms with E-state index >= 15 is 0 Å². The van der Waals surface area contributed by atoms with Gasteiger partial charge in [0.2, 0.25) is 0 Å². The van der Waals surface area contributed by atoms with Crippen molar-refractivity contribution < 1.29 is 0 Å². The monoisotopic (exact) mass is 259 g/mol. The van der Waals surface area contributed by atoms with Crippen molar-refractivity contribution in [2.45, 2.75) is 39.2 Å². The summed E-state index contributed by atoms with van der Waals surface area (Å²) in [6.45, 7) is 4.38. The smallest absolute Gasteiger partial charge is 0.0346 e. The van der Waals surface area contributed by atoms with Gasteiger partial charge in [0.1, 0.15) is 0 Å². The Morgan fingerprint density at radius 1 is 1.00 bits per heavy atom. The molecule has 2 aromatic rings. The summed E-state index contributed by atoms with van der Waals surface area (Å²) >= 11 is 1.89. The van der Waals surface area contributed by atoms with Crippen LogP contribution in [0.1, 0.15) is 40.8 Å². The predicted molar refractivity (Wildman–Crippen MR) is 80.1 cm³/mol. The first kappa shape index (κ1) is 13.3. The van der Waals surface area contributed by atoms with Gasteiger partial charge in [-0.25, -0.2) is 0 Å². The van der Waals surface area contributed by atoms with Gasteiger partial charge in [-0.3, -0.25) is 0 Å². The molecule has 0 bridgehead atoms. The Morgan fingerprint density at radius 2 is 1.72 bits per heavy atom. The lowest BCUT2D eigenvalue weighted by Gasteiger charge is -2.15. The van der Waals surface area contributed by atoms with Gasteiger partial charge in [0.25, 0.3) is 0 Å². The van der Waals surface area contributed by atoms with Crippen LogP contribution < -0.4 is 5.73 Å². The molecule has 0 aliphatic heterocycles. The highest BCUT2D eigenvalue weighted by molar-refractivity contribution is 7.11. The van der Waals surface area contributed by atoms with E-state index in [-0.39, 0.29) is 6.04 Å². The number of aryl methyl sites for hydroxylation is 2. The Labute approximate surface area is 114 Å². The lowest BCUT2D eigenvalue weighted by Crippen LogP contribution is -2.14. The first-order valence-electron chi connectivity index (χ1n) is 6.65. The second kappa shape index (κ2) is 6.17. The molecule has 0 aliphatic carbocycles. The minimum Gasteiger partial charge on any atom is -0.324 e. The number of thiophene rings is 1. The molecule has 0 spiro atoms. The van der Waals surface area contributed by atoms with Crippen LogP contribution in [0, 0.1) is 0 Å². The molecule has 18 heavy (non-hydrogen) atoms. The van der Waals surface area contributed by atoms with Crippen molar-refractivity contribution in [3.8, 4) is 0 Å². The van der Waals surface area contributed by atoms with Gasteiger partial charge in [-0.1, -0.05) is 38.1 Å². The van der Waals surface area contributed by atoms with Crippen LogP contribution in [0.4, 0.5) is 0 Å². The van der Waals surface area contributed by atoms with E-state index < -0.39 is 0 Å². The van der Waals surface area contributed by atoms with E-state index in [9.17, 15) is 0 Å². The van der Waals surface area contributed by atoms with E-state index in [2.05, 4.69) is 50.2 Å². The van der Waals surface area contributed by atoms with Crippen molar-refractivity contribution in [2.75, 3.05) is 0 Å². The van der Waals surface area contributed by atoms with Crippen LogP contribution in [0.5, 0.6) is 0 Å². The van der Waals surface area contributed by atoms with Crippen LogP contribution in [0.25, 0.3) is 0 Å². The molecule has 0 aliphatic rings. The van der Waals surface area contributed by atoms with Crippen LogP contribution in [0.15, 0.2) is 36.4 Å². The fourth-order valence-electron chi connectivity index (χ4n) is 2.27. The average molecular weight is 259 g/mol. The molecule has 0 saturated carbocycles. The second-order valence-electron chi connectivity index (χ2n) is 4.58. The van der Waals surface area contributed by atoms with Crippen molar-refractivity contribution in [2.24, 2.45) is 5.73 Å². The van der Waals surface area contributed by atoms with E-state index in [1.54, 1.807) is 0 Å². The molecule has 1 heterocycles. The molecule has 0 fully saturated rings. The van der Waals surface area contributed by atoms with Gasteiger partial charge in [0.15, 0.2) is 0 Å². The van der Waals surface area contributed by atoms with Crippen molar-refractivity contribution in [3.63, 3.8) is 0 Å². The van der Waals surface area contributed by atoms with Crippen LogP contribution in [0.2, 0.25) is 0 Å². The lowest BCUT2D eigenvalue weighted by atomic mass is 9.97. The summed E-state index contributed by atoms with van der Waals surface area (Å²) in [4.78, 5) is 2.84. The van der Waals surface area contributed by atoms with Gasteiger partial charge in [0, 0.05) is 22.2 Å². The topological polar surface area (TPSA) is 26.0 Å². The van der Waals surface area contributed by atoms with Gasteiger partial charge < -0.3 is 5.73 Å². The fraction of sp³-hybridized carbons (Fsp3) is 0.375. The Bertz CT molecular complexity index is 501. The normalized spacial score (nSPS) is 12.6. The van der Waals surface area contributed by atoms with Crippen LogP contribution in [0.3, 0.4) is 0 Å². The van der Waals surface area contributed by atoms with E-state index in [0.717, 1.165) is 19.3 Å². The zero-order chi connectivity index (χ0) is 13.0. The van der Waals surface area contributed by atoms with Crippen molar-refractivity contribution in [1.82, 2.24) is 0 Å². The molecular formula is C16H21NS. The SMILES string of the molecule is CCc1ccc(CC(N)c2ccccc2CC)s1. The zero-order valence-corrected chi connectivity index (χ0v) is 12.0. The van der Waals surface area contributed by atoms with Crippen molar-refractivity contribution >= 4 is 11.3 Å². The number of benzene rings is 1. The number of hydrogen-bond donors (Lipinski definition) is 1. The number of rotatable bonds is 5. The summed E-state index contributed by atoms with van der Waals surface area (Å²) in [5.41, 5.74) is 9.03. The molecule has 1 atom stereocenters. The first-order chi connectivity index (χ1) is 8.74. The molecule has 96 valence electrons. The zero-order valence-electron chi connectivity index (χ0n) is 11.1. The summed E-state index contributed by atoms with van der Waals surface area (Å²) in [5, 5.41) is 0. The standard InChI is InChI=1S/C16H21NS/c1-3-12-7-5-6-8-15(12)16(17)11-14-10-9-13(4-2)18-14/h5-10,16H,3-4,11,17H2,1-2H3. The minimum absolute atomic E-state index is 0.115. The molecular weight excluding hydrogens is 238 g/mol. The van der Waals surface area contributed by atoms with E-state index in [1.165, 1.54) is 20.9 Å². The average Bonchev–Trinajstić information content (AvgIpc) is 2.86. The summed E-state index contributed by atoms with van der Waals surface area (Å²) < 4.78 is 0. The third kappa shape index (κ3) is 3.01. The first-order valence-corrected chi connectivity index (χ1v) is 7.47. The Balaban J connectivity index is 2.13. The van der Waals surface area contributed by atoms with Crippen molar-refractivity contribution in [1.29, 1.82) is 0 Å². The Hall–Kier alpha value is -1.12. The van der Waals surface area contributed by atoms with E-state index in [0.29, 0.717) is 0 Å². The van der Waals surface area contributed by atoms with Gasteiger partial charge in [-0.05, 0) is 36.1 Å². The molecule has 1 aromatic heterocycles. The molecule has 1 nitrogen and oxygen atoms in total. The summed E-state index contributed by atoms with van der Waals surface area (Å²) in [6.07, 6.45) is 3.11. The van der Waals surface area contributed by atoms with Crippen LogP contribution >= 0.6 is 11.3 Å². The molecule has 2 rings (SSSR count). The largest absolute Gasteiger partial charge is 0.324 e. The van der Waals surface area contributed by atoms with Crippen LogP contribution in [-0.4, -0.2) is 0 Å². The molecule has 0 amide bonds. The van der Waals surface area contributed by atoms with Gasteiger partial charge in [-0.2, -0.15) is 0 Å². The minimum atomic E-state index is 0.115. The third-order valence-electron chi connectivity index (χ3n) is 3.32. The second-order valence-corrected chi connectivity index (χ2v) is 5.84. The summed E-state index contributed by atoms with van der Waals surface area (Å²) in [7, 11) is 0. The molecule has 1 aromatic carbocycles. The third-order valence-corrected chi connectivity index (χ3v) is 4.57. The lowest BCUT2D eigenvalue weighted by molar-refractivity contribution is 0.720. The van der Waals surface area contributed by atoms with Crippen molar-refractivity contribution in [3.05, 3.63) is 57.3 Å². The fourth-order valence-corrected chi connectivity index (χ4v) is 3.28. The maximum absolute atomic E-state index is 6.36. The van der Waals surface area contributed by atoms with Crippen LogP contribution in [-0.2, 0) is 19.3 Å². The molecule has 2 N–H and O–H groups in total. The van der Waals surface area contributed by atoms with Gasteiger partial charge in [0.05, 0.1) is 0 Å². The van der Waals surface area contributed by atoms with E-state index in [4.69, 9.17) is 5.73 Å². The molecule has 0 saturated heterocycles. The van der Waals surface area contributed by atoms with Gasteiger partial charge in [-0.15, -0.1) is 11.3 Å². The maximum atomic E-state index is 6.36. The molecule has 2 heteroatoms. The molecule has 0 radical (unpaired) electrons. The highest BCUT2D eigenvalue weighted by Crippen LogP contribution is 2.24. The number of nitrogens with two attached hydrogens (primary N) is 1. The van der Waals surface area contributed by atoms with Gasteiger partial charge >= 0.3 is 0 Å². The predicted octanol–water partition coefficient (Wildman–Crippen LogP) is 4.12. The Morgan fingerprint density at radius 3 is 2.39 bits per heavy atom. The highest BCUT2D eigenvalue weighted by atomic mass is 32.1. The molecule has 1 unspecified atom stereocenters. The van der Waals surface area contributed by atoms with E-state index in [1.807, 2.05) is 11.3 Å². The highest BCUT2D eigenvalue weighted by Gasteiger charge is 2.11. The number of hydrogen-bond acceptors (Lipinski definition) is 2. The quantitative estimate of drug-likeness (QED) is 0.859. The summed E-state index contributed by atoms with van der Waals surface area (Å²) in [6, 6.07) is 13.1. The maximum Gasteiger partial charge on any atom is 0.0346 e.